The van der Waals surface area contributed by atoms with E-state index in [2.05, 4.69) is 4.72 Å². The van der Waals surface area contributed by atoms with Crippen LogP contribution in [0.2, 0.25) is 0 Å². The molecule has 0 aliphatic carbocycles. The predicted molar refractivity (Wildman–Crippen MR) is 92.5 cm³/mol. The smallest absolute Gasteiger partial charge is 0.244 e. The molecule has 0 saturated heterocycles. The Morgan fingerprint density at radius 2 is 1.88 bits per heavy atom. The molecule has 7 heteroatoms. The van der Waals surface area contributed by atoms with Gasteiger partial charge in [-0.05, 0) is 31.4 Å². The lowest BCUT2D eigenvalue weighted by Crippen LogP contribution is -2.51. The fourth-order valence-electron chi connectivity index (χ4n) is 2.33. The Morgan fingerprint density at radius 3 is 2.38 bits per heavy atom. The van der Waals surface area contributed by atoms with Gasteiger partial charge in [0, 0.05) is 13.1 Å². The quantitative estimate of drug-likeness (QED) is 0.738. The fraction of sp³-hybridized carbons (Fsp3) is 0.588. The summed E-state index contributed by atoms with van der Waals surface area (Å²) in [5, 5.41) is 0. The van der Waals surface area contributed by atoms with Gasteiger partial charge in [0.2, 0.25) is 15.9 Å². The number of rotatable bonds is 9. The number of unbranched alkanes of at least 4 members (excludes halogenated alkanes) is 1. The molecule has 1 aromatic rings. The van der Waals surface area contributed by atoms with Crippen LogP contribution in [0.1, 0.15) is 40.5 Å². The van der Waals surface area contributed by atoms with E-state index in [1.807, 2.05) is 13.8 Å². The number of likely N-dealkylation sites (N-methyl/N-ethyl adjacent to an activating group) is 1. The second-order valence-corrected chi connectivity index (χ2v) is 7.73. The number of benzene rings is 1. The molecule has 0 radical (unpaired) electrons. The zero-order valence-corrected chi connectivity index (χ0v) is 15.6. The Balaban J connectivity index is 3.05. The first-order chi connectivity index (χ1) is 11.2. The van der Waals surface area contributed by atoms with Gasteiger partial charge in [-0.15, -0.1) is 0 Å². The summed E-state index contributed by atoms with van der Waals surface area (Å²) in [5.74, 6) is -1.37. The lowest BCUT2D eigenvalue weighted by molar-refractivity contribution is -0.133. The highest BCUT2D eigenvalue weighted by Crippen LogP contribution is 2.16. The molecule has 1 rings (SSSR count). The predicted octanol–water partition coefficient (Wildman–Crippen LogP) is 2.78. The minimum absolute atomic E-state index is 0.255. The summed E-state index contributed by atoms with van der Waals surface area (Å²) < 4.78 is 41.1. The fourth-order valence-corrected chi connectivity index (χ4v) is 3.75. The first-order valence-corrected chi connectivity index (χ1v) is 9.78. The van der Waals surface area contributed by atoms with Crippen LogP contribution in [-0.4, -0.2) is 38.4 Å². The van der Waals surface area contributed by atoms with E-state index in [-0.39, 0.29) is 11.8 Å². The maximum atomic E-state index is 13.8. The summed E-state index contributed by atoms with van der Waals surface area (Å²) in [7, 11) is -4.11. The van der Waals surface area contributed by atoms with Crippen molar-refractivity contribution in [3.63, 3.8) is 0 Å². The van der Waals surface area contributed by atoms with E-state index >= 15 is 0 Å². The van der Waals surface area contributed by atoms with Gasteiger partial charge < -0.3 is 4.90 Å². The van der Waals surface area contributed by atoms with Gasteiger partial charge in [-0.1, -0.05) is 39.3 Å². The van der Waals surface area contributed by atoms with Gasteiger partial charge in [0.25, 0.3) is 0 Å². The number of hydrogen-bond acceptors (Lipinski definition) is 3. The van der Waals surface area contributed by atoms with Crippen LogP contribution in [0.3, 0.4) is 0 Å². The van der Waals surface area contributed by atoms with Crippen LogP contribution in [0.25, 0.3) is 0 Å². The third kappa shape index (κ3) is 5.27. The molecule has 1 unspecified atom stereocenters. The molecule has 136 valence electrons. The maximum absolute atomic E-state index is 13.8. The number of carbonyl (C=O) groups excluding carboxylic acids is 1. The molecule has 1 aromatic carbocycles. The number of nitrogens with zero attached hydrogens (tertiary/aromatic N) is 1. The van der Waals surface area contributed by atoms with Crippen molar-refractivity contribution in [1.29, 1.82) is 0 Å². The van der Waals surface area contributed by atoms with Crippen molar-refractivity contribution < 1.29 is 17.6 Å². The Hall–Kier alpha value is -1.47. The van der Waals surface area contributed by atoms with Gasteiger partial charge in [-0.2, -0.15) is 4.72 Å². The van der Waals surface area contributed by atoms with E-state index in [9.17, 15) is 17.6 Å². The molecule has 0 aliphatic heterocycles. The van der Waals surface area contributed by atoms with Crippen LogP contribution in [0.5, 0.6) is 0 Å². The van der Waals surface area contributed by atoms with Gasteiger partial charge in [-0.3, -0.25) is 4.79 Å². The number of amides is 1. The van der Waals surface area contributed by atoms with E-state index < -0.39 is 26.8 Å². The van der Waals surface area contributed by atoms with Crippen LogP contribution in [-0.2, 0) is 14.8 Å². The standard InChI is InChI=1S/C17H27FN2O3S/c1-5-7-12-20(6-2)17(21)16(13(3)4)19-24(22,23)15-11-9-8-10-14(15)18/h8-11,13,16,19H,5-7,12H2,1-4H3. The van der Waals surface area contributed by atoms with Crippen molar-refractivity contribution in [1.82, 2.24) is 9.62 Å². The van der Waals surface area contributed by atoms with Crippen molar-refractivity contribution in [2.24, 2.45) is 5.92 Å². The summed E-state index contributed by atoms with van der Waals surface area (Å²) in [6.45, 7) is 8.50. The third-order valence-electron chi connectivity index (χ3n) is 3.82. The molecule has 1 N–H and O–H groups in total. The monoisotopic (exact) mass is 358 g/mol. The molecule has 0 heterocycles. The topological polar surface area (TPSA) is 66.5 Å². The highest BCUT2D eigenvalue weighted by Gasteiger charge is 2.32. The number of nitrogens with one attached hydrogen (secondary N) is 1. The molecule has 5 nitrogen and oxygen atoms in total. The summed E-state index contributed by atoms with van der Waals surface area (Å²) in [6, 6.07) is 4.22. The van der Waals surface area contributed by atoms with Crippen molar-refractivity contribution >= 4 is 15.9 Å². The molecule has 0 bridgehead atoms. The van der Waals surface area contributed by atoms with Crippen molar-refractivity contribution in [2.45, 2.75) is 51.5 Å². The van der Waals surface area contributed by atoms with E-state index in [1.165, 1.54) is 18.2 Å². The molecular formula is C17H27FN2O3S. The van der Waals surface area contributed by atoms with E-state index in [1.54, 1.807) is 18.7 Å². The van der Waals surface area contributed by atoms with E-state index in [0.29, 0.717) is 13.1 Å². The first-order valence-electron chi connectivity index (χ1n) is 8.30. The van der Waals surface area contributed by atoms with Crippen LogP contribution >= 0.6 is 0 Å². The molecule has 0 spiro atoms. The molecule has 1 atom stereocenters. The average Bonchev–Trinajstić information content (AvgIpc) is 2.53. The lowest BCUT2D eigenvalue weighted by Gasteiger charge is -2.29. The van der Waals surface area contributed by atoms with Gasteiger partial charge in [0.15, 0.2) is 0 Å². The maximum Gasteiger partial charge on any atom is 0.244 e. The Kier molecular flexibility index (Phi) is 7.83. The van der Waals surface area contributed by atoms with Crippen LogP contribution in [0.4, 0.5) is 4.39 Å². The average molecular weight is 358 g/mol. The SMILES string of the molecule is CCCCN(CC)C(=O)C(NS(=O)(=O)c1ccccc1F)C(C)C. The van der Waals surface area contributed by atoms with E-state index in [0.717, 1.165) is 18.9 Å². The summed E-state index contributed by atoms with van der Waals surface area (Å²) in [6.07, 6.45) is 1.79. The Morgan fingerprint density at radius 1 is 1.25 bits per heavy atom. The lowest BCUT2D eigenvalue weighted by atomic mass is 10.0. The van der Waals surface area contributed by atoms with E-state index in [4.69, 9.17) is 0 Å². The molecule has 1 amide bonds. The number of halogens is 1. The second-order valence-electron chi connectivity index (χ2n) is 6.04. The zero-order valence-electron chi connectivity index (χ0n) is 14.8. The largest absolute Gasteiger partial charge is 0.342 e. The molecule has 0 fully saturated rings. The number of hydrogen-bond donors (Lipinski definition) is 1. The molecule has 0 aliphatic rings. The summed E-state index contributed by atoms with van der Waals surface area (Å²) in [4.78, 5) is 13.9. The summed E-state index contributed by atoms with van der Waals surface area (Å²) >= 11 is 0. The summed E-state index contributed by atoms with van der Waals surface area (Å²) in [5.41, 5.74) is 0. The van der Waals surface area contributed by atoms with Crippen molar-refractivity contribution in [3.8, 4) is 0 Å². The molecule has 0 aromatic heterocycles. The normalized spacial score (nSPS) is 13.1. The van der Waals surface area contributed by atoms with Crippen LogP contribution in [0.15, 0.2) is 29.2 Å². The Bertz CT molecular complexity index is 647. The van der Waals surface area contributed by atoms with Gasteiger partial charge in [0.1, 0.15) is 16.8 Å². The van der Waals surface area contributed by atoms with Crippen molar-refractivity contribution in [3.05, 3.63) is 30.1 Å². The van der Waals surface area contributed by atoms with Crippen LogP contribution in [0, 0.1) is 11.7 Å². The van der Waals surface area contributed by atoms with Crippen LogP contribution < -0.4 is 4.72 Å². The highest BCUT2D eigenvalue weighted by atomic mass is 32.2. The van der Waals surface area contributed by atoms with Gasteiger partial charge in [-0.25, -0.2) is 12.8 Å². The highest BCUT2D eigenvalue weighted by molar-refractivity contribution is 7.89. The minimum atomic E-state index is -4.11. The number of sulfonamides is 1. The molecule has 24 heavy (non-hydrogen) atoms. The van der Waals surface area contributed by atoms with Crippen molar-refractivity contribution in [2.75, 3.05) is 13.1 Å². The molecule has 0 saturated carbocycles. The second kappa shape index (κ2) is 9.13. The zero-order chi connectivity index (χ0) is 18.3. The number of carbonyl (C=O) groups is 1. The molecular weight excluding hydrogens is 331 g/mol. The first kappa shape index (κ1) is 20.6. The minimum Gasteiger partial charge on any atom is -0.342 e. The third-order valence-corrected chi connectivity index (χ3v) is 5.29. The Labute approximate surface area is 144 Å². The van der Waals surface area contributed by atoms with Gasteiger partial charge >= 0.3 is 0 Å². The van der Waals surface area contributed by atoms with Gasteiger partial charge in [0.05, 0.1) is 0 Å².